The van der Waals surface area contributed by atoms with E-state index in [0.29, 0.717) is 25.1 Å². The van der Waals surface area contributed by atoms with Gasteiger partial charge in [-0.05, 0) is 25.8 Å². The first-order valence-electron chi connectivity index (χ1n) is 6.93. The quantitative estimate of drug-likeness (QED) is 0.757. The van der Waals surface area contributed by atoms with Crippen LogP contribution in [0.1, 0.15) is 32.6 Å². The third-order valence-electron chi connectivity index (χ3n) is 3.48. The topological polar surface area (TPSA) is 91.3 Å². The molecule has 6 nitrogen and oxygen atoms in total. The third kappa shape index (κ3) is 3.47. The van der Waals surface area contributed by atoms with Crippen molar-refractivity contribution in [3.05, 3.63) is 18.5 Å². The van der Waals surface area contributed by atoms with Gasteiger partial charge in [0.25, 0.3) is 0 Å². The van der Waals surface area contributed by atoms with Crippen LogP contribution in [0, 0.1) is 0 Å². The lowest BCUT2D eigenvalue weighted by atomic mass is 9.93. The van der Waals surface area contributed by atoms with Crippen molar-refractivity contribution in [3.8, 4) is 0 Å². The van der Waals surface area contributed by atoms with Crippen LogP contribution in [-0.2, 0) is 10.0 Å². The van der Waals surface area contributed by atoms with E-state index in [4.69, 9.17) is 0 Å². The number of sulfonamides is 1. The fourth-order valence-corrected chi connectivity index (χ4v) is 3.87. The molecule has 112 valence electrons. The fraction of sp³-hybridized carbons (Fsp3) is 0.615. The van der Waals surface area contributed by atoms with E-state index in [1.54, 1.807) is 12.3 Å². The molecule has 0 aromatic carbocycles. The average Bonchev–Trinajstić information content (AvgIpc) is 2.42. The van der Waals surface area contributed by atoms with Gasteiger partial charge in [-0.15, -0.1) is 0 Å². The van der Waals surface area contributed by atoms with Crippen molar-refractivity contribution in [1.29, 1.82) is 0 Å². The van der Waals surface area contributed by atoms with Gasteiger partial charge in [0.15, 0.2) is 0 Å². The number of aliphatic hydroxyl groups is 1. The Hall–Kier alpha value is -1.18. The summed E-state index contributed by atoms with van der Waals surface area (Å²) in [6, 6.07) is 1.22. The van der Waals surface area contributed by atoms with Crippen molar-refractivity contribution in [2.24, 2.45) is 0 Å². The summed E-state index contributed by atoms with van der Waals surface area (Å²) in [5.74, 6) is 0. The van der Waals surface area contributed by atoms with Crippen LogP contribution in [0.25, 0.3) is 0 Å². The first-order valence-corrected chi connectivity index (χ1v) is 8.41. The summed E-state index contributed by atoms with van der Waals surface area (Å²) >= 11 is 0. The van der Waals surface area contributed by atoms with Crippen LogP contribution in [0.2, 0.25) is 0 Å². The lowest BCUT2D eigenvalue weighted by Gasteiger charge is -2.28. The van der Waals surface area contributed by atoms with Crippen molar-refractivity contribution in [2.45, 2.75) is 49.6 Å². The molecule has 0 radical (unpaired) electrons. The number of aromatic nitrogens is 1. The van der Waals surface area contributed by atoms with E-state index in [2.05, 4.69) is 15.0 Å². The number of hydrogen-bond acceptors (Lipinski definition) is 5. The number of hydrogen-bond donors (Lipinski definition) is 3. The molecular weight excluding hydrogens is 278 g/mol. The summed E-state index contributed by atoms with van der Waals surface area (Å²) in [6.45, 7) is 2.52. The van der Waals surface area contributed by atoms with Gasteiger partial charge < -0.3 is 10.4 Å². The summed E-state index contributed by atoms with van der Waals surface area (Å²) < 4.78 is 27.5. The minimum atomic E-state index is -3.68. The van der Waals surface area contributed by atoms with E-state index in [9.17, 15) is 13.5 Å². The normalized spacial score (nSPS) is 23.5. The molecule has 1 heterocycles. The molecule has 20 heavy (non-hydrogen) atoms. The molecule has 1 aliphatic carbocycles. The van der Waals surface area contributed by atoms with Crippen LogP contribution < -0.4 is 10.0 Å². The minimum Gasteiger partial charge on any atom is -0.391 e. The fourth-order valence-electron chi connectivity index (χ4n) is 2.44. The predicted octanol–water partition coefficient (Wildman–Crippen LogP) is 1.10. The van der Waals surface area contributed by atoms with Gasteiger partial charge in [0.05, 0.1) is 11.8 Å². The van der Waals surface area contributed by atoms with Crippen LogP contribution in [-0.4, -0.2) is 37.2 Å². The summed E-state index contributed by atoms with van der Waals surface area (Å²) in [4.78, 5) is 4.01. The smallest absolute Gasteiger partial charge is 0.244 e. The molecule has 2 rings (SSSR count). The lowest BCUT2D eigenvalue weighted by Crippen LogP contribution is -2.45. The summed E-state index contributed by atoms with van der Waals surface area (Å²) in [6.07, 6.45) is 5.43. The van der Waals surface area contributed by atoms with E-state index in [0.717, 1.165) is 12.8 Å². The zero-order chi connectivity index (χ0) is 14.6. The first-order chi connectivity index (χ1) is 9.54. The Bertz CT molecular complexity index is 548. The zero-order valence-corrected chi connectivity index (χ0v) is 12.4. The summed E-state index contributed by atoms with van der Waals surface area (Å²) in [7, 11) is -3.68. The molecule has 1 aromatic heterocycles. The molecule has 0 spiro atoms. The Morgan fingerprint density at radius 1 is 1.40 bits per heavy atom. The highest BCUT2D eigenvalue weighted by Crippen LogP contribution is 2.23. The van der Waals surface area contributed by atoms with Crippen molar-refractivity contribution in [1.82, 2.24) is 9.71 Å². The second kappa shape index (κ2) is 6.51. The highest BCUT2D eigenvalue weighted by atomic mass is 32.2. The number of nitrogens with one attached hydrogen (secondary N) is 2. The highest BCUT2D eigenvalue weighted by molar-refractivity contribution is 7.89. The Morgan fingerprint density at radius 3 is 2.85 bits per heavy atom. The Kier molecular flexibility index (Phi) is 4.95. The maximum atomic E-state index is 12.4. The summed E-state index contributed by atoms with van der Waals surface area (Å²) in [5, 5.41) is 12.9. The predicted molar refractivity (Wildman–Crippen MR) is 77.0 cm³/mol. The molecule has 2 unspecified atom stereocenters. The number of nitrogens with zero attached hydrogens (tertiary/aromatic N) is 1. The molecule has 7 heteroatoms. The van der Waals surface area contributed by atoms with Crippen molar-refractivity contribution >= 4 is 15.7 Å². The van der Waals surface area contributed by atoms with Crippen LogP contribution in [0.3, 0.4) is 0 Å². The van der Waals surface area contributed by atoms with Gasteiger partial charge in [-0.1, -0.05) is 12.8 Å². The molecule has 1 aromatic rings. The number of aliphatic hydroxyl groups excluding tert-OH is 1. The van der Waals surface area contributed by atoms with Gasteiger partial charge in [-0.25, -0.2) is 13.1 Å². The Labute approximate surface area is 119 Å². The number of anilines is 1. The van der Waals surface area contributed by atoms with Crippen LogP contribution in [0.4, 0.5) is 5.69 Å². The standard InChI is InChI=1S/C13H21N3O3S/c1-2-15-11-7-8-14-9-13(11)20(18,19)16-10-5-3-4-6-12(10)17/h7-10,12,16-17H,2-6H2,1H3,(H,14,15). The van der Waals surface area contributed by atoms with Crippen molar-refractivity contribution in [2.75, 3.05) is 11.9 Å². The van der Waals surface area contributed by atoms with Crippen molar-refractivity contribution < 1.29 is 13.5 Å². The molecular formula is C13H21N3O3S. The number of rotatable bonds is 5. The van der Waals surface area contributed by atoms with Crippen molar-refractivity contribution in [3.63, 3.8) is 0 Å². The second-order valence-electron chi connectivity index (χ2n) is 4.98. The molecule has 3 N–H and O–H groups in total. The van der Waals surface area contributed by atoms with Gasteiger partial charge in [0.2, 0.25) is 10.0 Å². The SMILES string of the molecule is CCNc1ccncc1S(=O)(=O)NC1CCCCC1O. The summed E-state index contributed by atoms with van der Waals surface area (Å²) in [5.41, 5.74) is 0.528. The van der Waals surface area contributed by atoms with Crippen LogP contribution >= 0.6 is 0 Å². The van der Waals surface area contributed by atoms with Crippen LogP contribution in [0.5, 0.6) is 0 Å². The molecule has 1 aliphatic rings. The second-order valence-corrected chi connectivity index (χ2v) is 6.66. The number of pyridine rings is 1. The molecule has 1 fully saturated rings. The average molecular weight is 299 g/mol. The van der Waals surface area contributed by atoms with Gasteiger partial charge in [-0.2, -0.15) is 0 Å². The Morgan fingerprint density at radius 2 is 2.15 bits per heavy atom. The van der Waals surface area contributed by atoms with Gasteiger partial charge in [0, 0.05) is 25.0 Å². The van der Waals surface area contributed by atoms with E-state index in [-0.39, 0.29) is 4.90 Å². The van der Waals surface area contributed by atoms with E-state index in [1.165, 1.54) is 6.20 Å². The largest absolute Gasteiger partial charge is 0.391 e. The van der Waals surface area contributed by atoms with E-state index in [1.807, 2.05) is 6.92 Å². The zero-order valence-electron chi connectivity index (χ0n) is 11.5. The monoisotopic (exact) mass is 299 g/mol. The maximum absolute atomic E-state index is 12.4. The third-order valence-corrected chi connectivity index (χ3v) is 4.99. The van der Waals surface area contributed by atoms with E-state index >= 15 is 0 Å². The maximum Gasteiger partial charge on any atom is 0.244 e. The van der Waals surface area contributed by atoms with Gasteiger partial charge >= 0.3 is 0 Å². The van der Waals surface area contributed by atoms with Gasteiger partial charge in [-0.3, -0.25) is 4.98 Å². The molecule has 0 amide bonds. The molecule has 0 saturated heterocycles. The van der Waals surface area contributed by atoms with Gasteiger partial charge in [0.1, 0.15) is 4.90 Å². The molecule has 1 saturated carbocycles. The molecule has 0 bridgehead atoms. The minimum absolute atomic E-state index is 0.125. The Balaban J connectivity index is 2.21. The lowest BCUT2D eigenvalue weighted by molar-refractivity contribution is 0.101. The first kappa shape index (κ1) is 15.2. The molecule has 0 aliphatic heterocycles. The van der Waals surface area contributed by atoms with Crippen LogP contribution in [0.15, 0.2) is 23.4 Å². The molecule has 2 atom stereocenters. The highest BCUT2D eigenvalue weighted by Gasteiger charge is 2.29. The van der Waals surface area contributed by atoms with E-state index < -0.39 is 22.2 Å².